The monoisotopic (exact) mass is 252 g/mol. The number of aryl methyl sites for hydroxylation is 1. The van der Waals surface area contributed by atoms with Crippen molar-refractivity contribution in [2.24, 2.45) is 0 Å². The Balaban J connectivity index is 2.74. The van der Waals surface area contributed by atoms with Gasteiger partial charge in [0.2, 0.25) is 0 Å². The number of anilines is 1. The number of aromatic nitrogens is 1. The van der Waals surface area contributed by atoms with Gasteiger partial charge in [0.25, 0.3) is 0 Å². The molecule has 1 aromatic heterocycles. The van der Waals surface area contributed by atoms with E-state index in [2.05, 4.69) is 5.16 Å². The van der Waals surface area contributed by atoms with Crippen LogP contribution < -0.4 is 5.73 Å². The third kappa shape index (κ3) is 1.85. The van der Waals surface area contributed by atoms with Crippen LogP contribution in [-0.4, -0.2) is 5.16 Å². The average molecular weight is 252 g/mol. The minimum absolute atomic E-state index is 0.0365. The van der Waals surface area contributed by atoms with Crippen LogP contribution in [0.25, 0.3) is 11.3 Å². The molecule has 0 aliphatic rings. The Morgan fingerprint density at radius 3 is 2.56 bits per heavy atom. The van der Waals surface area contributed by atoms with Gasteiger partial charge >= 0.3 is 0 Å². The molecule has 2 rings (SSSR count). The quantitative estimate of drug-likeness (QED) is 0.887. The second kappa shape index (κ2) is 4.40. The van der Waals surface area contributed by atoms with Gasteiger partial charge in [-0.05, 0) is 24.5 Å². The van der Waals surface area contributed by atoms with Crippen LogP contribution >= 0.6 is 0 Å². The summed E-state index contributed by atoms with van der Waals surface area (Å²) < 4.78 is 32.8. The minimum atomic E-state index is -0.684. The topological polar surface area (TPSA) is 52.0 Å². The molecule has 5 heteroatoms. The van der Waals surface area contributed by atoms with Gasteiger partial charge in [-0.3, -0.25) is 0 Å². The standard InChI is InChI=1S/C13H14F2N2O/c1-6(2)9-12(18-17-13(9)16)10-8(14)5-4-7(3)11(10)15/h4-6H,1-3H3,(H2,16,17). The molecule has 0 fully saturated rings. The molecule has 1 heterocycles. The van der Waals surface area contributed by atoms with Crippen LogP contribution in [-0.2, 0) is 0 Å². The van der Waals surface area contributed by atoms with Crippen molar-refractivity contribution < 1.29 is 13.3 Å². The van der Waals surface area contributed by atoms with Crippen LogP contribution in [0.15, 0.2) is 16.7 Å². The third-order valence-electron chi connectivity index (χ3n) is 2.84. The summed E-state index contributed by atoms with van der Waals surface area (Å²) in [6, 6.07) is 2.58. The maximum absolute atomic E-state index is 14.0. The Labute approximate surface area is 104 Å². The van der Waals surface area contributed by atoms with E-state index in [1.165, 1.54) is 12.1 Å². The number of nitrogens with zero attached hydrogens (tertiary/aromatic N) is 1. The molecule has 0 aliphatic carbocycles. The van der Waals surface area contributed by atoms with E-state index >= 15 is 0 Å². The smallest absolute Gasteiger partial charge is 0.178 e. The Hall–Kier alpha value is -1.91. The van der Waals surface area contributed by atoms with Crippen LogP contribution in [0.5, 0.6) is 0 Å². The molecule has 0 saturated carbocycles. The molecule has 0 bridgehead atoms. The van der Waals surface area contributed by atoms with Crippen molar-refractivity contribution in [2.75, 3.05) is 5.73 Å². The fourth-order valence-electron chi connectivity index (χ4n) is 1.91. The van der Waals surface area contributed by atoms with Crippen molar-refractivity contribution in [3.63, 3.8) is 0 Å². The summed E-state index contributed by atoms with van der Waals surface area (Å²) in [7, 11) is 0. The second-order valence-electron chi connectivity index (χ2n) is 4.52. The normalized spacial score (nSPS) is 11.2. The highest BCUT2D eigenvalue weighted by Crippen LogP contribution is 2.36. The predicted molar refractivity (Wildman–Crippen MR) is 65.1 cm³/mol. The average Bonchev–Trinajstić information content (AvgIpc) is 2.66. The van der Waals surface area contributed by atoms with Crippen LogP contribution in [0.3, 0.4) is 0 Å². The van der Waals surface area contributed by atoms with Crippen LogP contribution in [0, 0.1) is 18.6 Å². The van der Waals surface area contributed by atoms with Gasteiger partial charge in [-0.1, -0.05) is 25.1 Å². The number of rotatable bonds is 2. The Morgan fingerprint density at radius 2 is 1.94 bits per heavy atom. The zero-order valence-corrected chi connectivity index (χ0v) is 10.4. The van der Waals surface area contributed by atoms with Crippen LogP contribution in [0.4, 0.5) is 14.6 Å². The van der Waals surface area contributed by atoms with Crippen molar-refractivity contribution in [3.8, 4) is 11.3 Å². The Kier molecular flexibility index (Phi) is 3.07. The van der Waals surface area contributed by atoms with E-state index in [-0.39, 0.29) is 23.1 Å². The van der Waals surface area contributed by atoms with Gasteiger partial charge < -0.3 is 10.3 Å². The summed E-state index contributed by atoms with van der Waals surface area (Å²) in [5, 5.41) is 3.60. The first-order valence-corrected chi connectivity index (χ1v) is 5.63. The lowest BCUT2D eigenvalue weighted by Crippen LogP contribution is -1.98. The lowest BCUT2D eigenvalue weighted by Gasteiger charge is -2.08. The first kappa shape index (κ1) is 12.5. The first-order chi connectivity index (χ1) is 8.43. The third-order valence-corrected chi connectivity index (χ3v) is 2.84. The van der Waals surface area contributed by atoms with Gasteiger partial charge in [-0.2, -0.15) is 0 Å². The summed E-state index contributed by atoms with van der Waals surface area (Å²) in [5.74, 6) is -1.13. The fourth-order valence-corrected chi connectivity index (χ4v) is 1.91. The Bertz CT molecular complexity index is 591. The predicted octanol–water partition coefficient (Wildman–Crippen LogP) is 3.63. The van der Waals surface area contributed by atoms with Gasteiger partial charge in [0.15, 0.2) is 11.6 Å². The SMILES string of the molecule is Cc1ccc(F)c(-c2onc(N)c2C(C)C)c1F. The number of benzene rings is 1. The molecule has 2 N–H and O–H groups in total. The van der Waals surface area contributed by atoms with E-state index in [9.17, 15) is 8.78 Å². The lowest BCUT2D eigenvalue weighted by atomic mass is 9.97. The number of halogens is 2. The molecular formula is C13H14F2N2O. The van der Waals surface area contributed by atoms with Crippen molar-refractivity contribution in [3.05, 3.63) is 34.9 Å². The molecule has 0 saturated heterocycles. The summed E-state index contributed by atoms with van der Waals surface area (Å²) >= 11 is 0. The van der Waals surface area contributed by atoms with Gasteiger partial charge in [0.05, 0.1) is 5.56 Å². The molecule has 0 amide bonds. The minimum Gasteiger partial charge on any atom is -0.381 e. The molecule has 0 atom stereocenters. The molecule has 0 radical (unpaired) electrons. The summed E-state index contributed by atoms with van der Waals surface area (Å²) in [5.41, 5.74) is 6.33. The van der Waals surface area contributed by atoms with Crippen LogP contribution in [0.2, 0.25) is 0 Å². The molecule has 18 heavy (non-hydrogen) atoms. The molecular weight excluding hydrogens is 238 g/mol. The molecule has 1 aromatic carbocycles. The van der Waals surface area contributed by atoms with Gasteiger partial charge in [-0.15, -0.1) is 0 Å². The van der Waals surface area contributed by atoms with Crippen molar-refractivity contribution >= 4 is 5.82 Å². The molecule has 96 valence electrons. The molecule has 0 aliphatic heterocycles. The van der Waals surface area contributed by atoms with E-state index in [4.69, 9.17) is 10.3 Å². The highest BCUT2D eigenvalue weighted by atomic mass is 19.1. The molecule has 0 spiro atoms. The molecule has 0 unspecified atom stereocenters. The maximum Gasteiger partial charge on any atom is 0.178 e. The van der Waals surface area contributed by atoms with Crippen LogP contribution in [0.1, 0.15) is 30.9 Å². The van der Waals surface area contributed by atoms with Gasteiger partial charge in [0.1, 0.15) is 11.6 Å². The molecule has 3 nitrogen and oxygen atoms in total. The van der Waals surface area contributed by atoms with Crippen molar-refractivity contribution in [1.82, 2.24) is 5.16 Å². The van der Waals surface area contributed by atoms with E-state index in [0.717, 1.165) is 0 Å². The zero-order valence-electron chi connectivity index (χ0n) is 10.4. The van der Waals surface area contributed by atoms with E-state index in [0.29, 0.717) is 11.1 Å². The first-order valence-electron chi connectivity index (χ1n) is 5.63. The Morgan fingerprint density at radius 1 is 1.28 bits per heavy atom. The van der Waals surface area contributed by atoms with E-state index in [1.807, 2.05) is 13.8 Å². The highest BCUT2D eigenvalue weighted by Gasteiger charge is 2.24. The summed E-state index contributed by atoms with van der Waals surface area (Å²) in [6.07, 6.45) is 0. The largest absolute Gasteiger partial charge is 0.381 e. The number of nitrogens with two attached hydrogens (primary N) is 1. The van der Waals surface area contributed by atoms with E-state index in [1.54, 1.807) is 6.92 Å². The number of nitrogen functional groups attached to an aromatic ring is 1. The number of hydrogen-bond acceptors (Lipinski definition) is 3. The second-order valence-corrected chi connectivity index (χ2v) is 4.52. The van der Waals surface area contributed by atoms with Gasteiger partial charge in [0, 0.05) is 5.56 Å². The van der Waals surface area contributed by atoms with Crippen molar-refractivity contribution in [2.45, 2.75) is 26.7 Å². The summed E-state index contributed by atoms with van der Waals surface area (Å²) in [6.45, 7) is 5.28. The molecule has 2 aromatic rings. The van der Waals surface area contributed by atoms with E-state index < -0.39 is 11.6 Å². The summed E-state index contributed by atoms with van der Waals surface area (Å²) in [4.78, 5) is 0. The lowest BCUT2D eigenvalue weighted by molar-refractivity contribution is 0.428. The number of hydrogen-bond donors (Lipinski definition) is 1. The van der Waals surface area contributed by atoms with Crippen molar-refractivity contribution in [1.29, 1.82) is 0 Å². The van der Waals surface area contributed by atoms with Gasteiger partial charge in [-0.25, -0.2) is 8.78 Å². The zero-order chi connectivity index (χ0) is 13.4. The maximum atomic E-state index is 14.0. The highest BCUT2D eigenvalue weighted by molar-refractivity contribution is 5.68. The fraction of sp³-hybridized carbons (Fsp3) is 0.308.